The second kappa shape index (κ2) is 25.4. The van der Waals surface area contributed by atoms with Crippen molar-refractivity contribution in [2.24, 2.45) is 0 Å². The van der Waals surface area contributed by atoms with E-state index in [2.05, 4.69) is 39.5 Å². The molecule has 0 saturated heterocycles. The van der Waals surface area contributed by atoms with Crippen LogP contribution in [0.1, 0.15) is 66.7 Å². The first kappa shape index (κ1) is 22.7. The van der Waals surface area contributed by atoms with Crippen LogP contribution in [0.4, 0.5) is 0 Å². The monoisotopic (exact) mass is 285 g/mol. The zero-order valence-corrected chi connectivity index (χ0v) is 14.1. The minimum absolute atomic E-state index is 0.194. The summed E-state index contributed by atoms with van der Waals surface area (Å²) in [6.45, 7) is 14.6. The van der Waals surface area contributed by atoms with Crippen LogP contribution < -0.4 is 0 Å². The van der Waals surface area contributed by atoms with Gasteiger partial charge in [-0.05, 0) is 19.6 Å². The molecule has 108 valence electrons. The first-order valence-corrected chi connectivity index (χ1v) is 8.09. The van der Waals surface area contributed by atoms with E-state index in [4.69, 9.17) is 23.2 Å². The molecule has 0 fully saturated rings. The molecule has 0 saturated carbocycles. The first-order chi connectivity index (χ1) is 8.17. The highest BCUT2D eigenvalue weighted by molar-refractivity contribution is 6.40. The van der Waals surface area contributed by atoms with E-state index in [1.54, 1.807) is 0 Å². The highest BCUT2D eigenvalue weighted by atomic mass is 35.5. The fraction of sp³-hybridized carbons (Fsp3) is 1.00. The van der Waals surface area contributed by atoms with E-state index in [1.807, 2.05) is 0 Å². The van der Waals surface area contributed by atoms with Crippen LogP contribution >= 0.6 is 23.2 Å². The molecule has 0 unspecified atom stereocenters. The van der Waals surface area contributed by atoms with Crippen LogP contribution in [0.3, 0.4) is 0 Å². The average Bonchev–Trinajstić information content (AvgIpc) is 2.34. The minimum atomic E-state index is 0.194. The molecule has 0 aromatic heterocycles. The van der Waals surface area contributed by atoms with Gasteiger partial charge in [0.05, 0.1) is 5.34 Å². The van der Waals surface area contributed by atoms with E-state index in [1.165, 1.54) is 51.7 Å². The predicted octanol–water partition coefficient (Wildman–Crippen LogP) is 5.75. The summed E-state index contributed by atoms with van der Waals surface area (Å²) in [6.07, 6.45) is 7.01. The number of nitrogens with zero attached hydrogens (tertiary/aromatic N) is 1. The van der Waals surface area contributed by atoms with Gasteiger partial charge in [-0.3, -0.25) is 0 Å². The quantitative estimate of drug-likeness (QED) is 0.425. The SMILES string of the molecule is CCCCCCC.CCN(CC)CC.ClCCl. The zero-order chi connectivity index (χ0) is 13.9. The van der Waals surface area contributed by atoms with Crippen molar-refractivity contribution < 1.29 is 0 Å². The molecule has 0 aliphatic heterocycles. The summed E-state index contributed by atoms with van der Waals surface area (Å²) in [4.78, 5) is 2.38. The lowest BCUT2D eigenvalue weighted by Gasteiger charge is -2.13. The summed E-state index contributed by atoms with van der Waals surface area (Å²) in [5, 5.41) is 0.194. The van der Waals surface area contributed by atoms with E-state index in [9.17, 15) is 0 Å². The smallest absolute Gasteiger partial charge is 0.0967 e. The Balaban J connectivity index is -0.000000188. The molecule has 0 atom stereocenters. The number of rotatable bonds is 7. The second-order valence-corrected chi connectivity index (χ2v) is 4.59. The summed E-state index contributed by atoms with van der Waals surface area (Å²) in [6, 6.07) is 0. The third-order valence-electron chi connectivity index (χ3n) is 2.55. The third-order valence-corrected chi connectivity index (χ3v) is 2.55. The Kier molecular flexibility index (Phi) is 33.9. The molecule has 3 heteroatoms. The minimum Gasteiger partial charge on any atom is -0.304 e. The van der Waals surface area contributed by atoms with Gasteiger partial charge in [-0.1, -0.05) is 66.7 Å². The van der Waals surface area contributed by atoms with Gasteiger partial charge in [0.2, 0.25) is 0 Å². The van der Waals surface area contributed by atoms with Crippen molar-refractivity contribution in [2.75, 3.05) is 25.0 Å². The lowest BCUT2D eigenvalue weighted by molar-refractivity contribution is 0.321. The van der Waals surface area contributed by atoms with Crippen molar-refractivity contribution in [3.8, 4) is 0 Å². The Hall–Kier alpha value is 0.540. The molecule has 1 nitrogen and oxygen atoms in total. The van der Waals surface area contributed by atoms with Crippen LogP contribution in [-0.4, -0.2) is 29.9 Å². The largest absolute Gasteiger partial charge is 0.304 e. The molecule has 0 aromatic carbocycles. The summed E-state index contributed by atoms with van der Waals surface area (Å²) >= 11 is 9.53. The maximum absolute atomic E-state index is 4.76. The molecule has 0 aliphatic carbocycles. The highest BCUT2D eigenvalue weighted by Gasteiger charge is 1.89. The molecule has 0 amide bonds. The van der Waals surface area contributed by atoms with Crippen molar-refractivity contribution in [1.29, 1.82) is 0 Å². The van der Waals surface area contributed by atoms with Crippen LogP contribution in [0.15, 0.2) is 0 Å². The Bertz CT molecular complexity index is 86.7. The topological polar surface area (TPSA) is 3.24 Å². The molecule has 0 bridgehead atoms. The molecule has 0 N–H and O–H groups in total. The van der Waals surface area contributed by atoms with E-state index >= 15 is 0 Å². The maximum atomic E-state index is 4.76. The van der Waals surface area contributed by atoms with Gasteiger partial charge >= 0.3 is 0 Å². The lowest BCUT2D eigenvalue weighted by atomic mass is 10.2. The van der Waals surface area contributed by atoms with E-state index in [0.717, 1.165) is 0 Å². The van der Waals surface area contributed by atoms with Crippen molar-refractivity contribution in [1.82, 2.24) is 4.90 Å². The Morgan fingerprint density at radius 3 is 1.06 bits per heavy atom. The van der Waals surface area contributed by atoms with Gasteiger partial charge in [-0.2, -0.15) is 0 Å². The highest BCUT2D eigenvalue weighted by Crippen LogP contribution is 2.00. The average molecular weight is 286 g/mol. The number of hydrogen-bond acceptors (Lipinski definition) is 1. The van der Waals surface area contributed by atoms with Gasteiger partial charge < -0.3 is 4.90 Å². The van der Waals surface area contributed by atoms with Gasteiger partial charge in [0.1, 0.15) is 0 Å². The van der Waals surface area contributed by atoms with E-state index < -0.39 is 0 Å². The number of halogens is 2. The molecule has 0 rings (SSSR count). The van der Waals surface area contributed by atoms with Crippen LogP contribution in [0.5, 0.6) is 0 Å². The van der Waals surface area contributed by atoms with Gasteiger partial charge in [-0.15, -0.1) is 23.2 Å². The third kappa shape index (κ3) is 31.5. The Labute approximate surface area is 120 Å². The fourth-order valence-electron chi connectivity index (χ4n) is 1.35. The molecule has 0 heterocycles. The Morgan fingerprint density at radius 1 is 0.647 bits per heavy atom. The molecule has 0 radical (unpaired) electrons. The van der Waals surface area contributed by atoms with Crippen LogP contribution in [-0.2, 0) is 0 Å². The summed E-state index contributed by atoms with van der Waals surface area (Å²) < 4.78 is 0. The zero-order valence-electron chi connectivity index (χ0n) is 12.6. The van der Waals surface area contributed by atoms with Gasteiger partial charge in [-0.25, -0.2) is 0 Å². The van der Waals surface area contributed by atoms with Gasteiger partial charge in [0.25, 0.3) is 0 Å². The number of unbranched alkanes of at least 4 members (excludes halogenated alkanes) is 4. The van der Waals surface area contributed by atoms with Crippen LogP contribution in [0.2, 0.25) is 0 Å². The van der Waals surface area contributed by atoms with Gasteiger partial charge in [0.15, 0.2) is 0 Å². The number of alkyl halides is 2. The van der Waals surface area contributed by atoms with Crippen molar-refractivity contribution in [3.63, 3.8) is 0 Å². The first-order valence-electron chi connectivity index (χ1n) is 7.02. The van der Waals surface area contributed by atoms with Crippen LogP contribution in [0, 0.1) is 0 Å². The summed E-state index contributed by atoms with van der Waals surface area (Å²) in [5.41, 5.74) is 0. The molecular formula is C14H33Cl2N. The molecule has 0 spiro atoms. The molecular weight excluding hydrogens is 253 g/mol. The van der Waals surface area contributed by atoms with Crippen molar-refractivity contribution >= 4 is 23.2 Å². The van der Waals surface area contributed by atoms with Gasteiger partial charge in [0, 0.05) is 0 Å². The van der Waals surface area contributed by atoms with E-state index in [0.29, 0.717) is 0 Å². The second-order valence-electron chi connectivity index (χ2n) is 3.78. The van der Waals surface area contributed by atoms with E-state index in [-0.39, 0.29) is 5.34 Å². The molecule has 0 aromatic rings. The standard InChI is InChI=1S/C7H16.C6H15N.CH2Cl2/c1-3-5-7-6-4-2;1-4-7(5-2)6-3;2-1-3/h3-7H2,1-2H3;4-6H2,1-3H3;1H2. The van der Waals surface area contributed by atoms with Crippen molar-refractivity contribution in [3.05, 3.63) is 0 Å². The Morgan fingerprint density at radius 2 is 0.941 bits per heavy atom. The lowest BCUT2D eigenvalue weighted by Crippen LogP contribution is -2.21. The van der Waals surface area contributed by atoms with Crippen molar-refractivity contribution in [2.45, 2.75) is 66.7 Å². The fourth-order valence-corrected chi connectivity index (χ4v) is 1.35. The van der Waals surface area contributed by atoms with Crippen LogP contribution in [0.25, 0.3) is 0 Å². The summed E-state index contributed by atoms with van der Waals surface area (Å²) in [7, 11) is 0. The molecule has 17 heavy (non-hydrogen) atoms. The molecule has 0 aliphatic rings. The maximum Gasteiger partial charge on any atom is 0.0967 e. The summed E-state index contributed by atoms with van der Waals surface area (Å²) in [5.74, 6) is 0. The normalized spacial score (nSPS) is 9.18. The number of hydrogen-bond donors (Lipinski definition) is 0. The predicted molar refractivity (Wildman–Crippen MR) is 84.5 cm³/mol.